The molecule has 0 spiro atoms. The smallest absolute Gasteiger partial charge is 0.254 e. The summed E-state index contributed by atoms with van der Waals surface area (Å²) in [6.45, 7) is 0.115. The van der Waals surface area contributed by atoms with E-state index < -0.39 is 5.82 Å². The van der Waals surface area contributed by atoms with E-state index in [0.29, 0.717) is 5.75 Å². The van der Waals surface area contributed by atoms with E-state index in [9.17, 15) is 4.39 Å². The normalized spacial score (nSPS) is 10.4. The van der Waals surface area contributed by atoms with Gasteiger partial charge in [-0.25, -0.2) is 4.39 Å². The minimum atomic E-state index is -0.480. The Balaban J connectivity index is 2.53. The second-order valence-corrected chi connectivity index (χ2v) is 3.02. The summed E-state index contributed by atoms with van der Waals surface area (Å²) >= 11 is 0. The highest BCUT2D eigenvalue weighted by Gasteiger charge is 2.17. The molecule has 0 aliphatic rings. The number of hydrogen-bond donors (Lipinski definition) is 1. The Morgan fingerprint density at radius 2 is 2.25 bits per heavy atom. The van der Waals surface area contributed by atoms with Crippen molar-refractivity contribution in [2.75, 3.05) is 7.11 Å². The molecule has 0 unspecified atom stereocenters. The minimum absolute atomic E-state index is 0.0652. The largest absolute Gasteiger partial charge is 0.496 e. The Morgan fingerprint density at radius 3 is 2.88 bits per heavy atom. The van der Waals surface area contributed by atoms with Gasteiger partial charge in [-0.3, -0.25) is 0 Å². The van der Waals surface area contributed by atoms with Gasteiger partial charge in [0.05, 0.1) is 13.7 Å². The lowest BCUT2D eigenvalue weighted by Crippen LogP contribution is -1.95. The van der Waals surface area contributed by atoms with Gasteiger partial charge in [0.15, 0.2) is 0 Å². The maximum atomic E-state index is 13.6. The Morgan fingerprint density at radius 1 is 1.44 bits per heavy atom. The van der Waals surface area contributed by atoms with Gasteiger partial charge in [0.1, 0.15) is 17.1 Å². The first-order valence-corrected chi connectivity index (χ1v) is 4.61. The minimum Gasteiger partial charge on any atom is -0.496 e. The average Bonchev–Trinajstić information content (AvgIpc) is 2.76. The molecule has 0 amide bonds. The predicted molar refractivity (Wildman–Crippen MR) is 54.1 cm³/mol. The highest BCUT2D eigenvalue weighted by atomic mass is 19.1. The van der Waals surface area contributed by atoms with Crippen LogP contribution in [0.1, 0.15) is 5.89 Å². The van der Waals surface area contributed by atoms with E-state index in [1.165, 1.54) is 19.2 Å². The van der Waals surface area contributed by atoms with Gasteiger partial charge in [-0.15, -0.1) is 10.2 Å². The first kappa shape index (κ1) is 10.6. The van der Waals surface area contributed by atoms with E-state index in [1.54, 1.807) is 6.07 Å². The summed E-state index contributed by atoms with van der Waals surface area (Å²) in [7, 11) is 1.44. The molecular weight excluding hydrogens is 213 g/mol. The number of ether oxygens (including phenoxy) is 1. The zero-order valence-corrected chi connectivity index (χ0v) is 8.61. The third-order valence-electron chi connectivity index (χ3n) is 2.05. The van der Waals surface area contributed by atoms with Crippen LogP contribution in [-0.2, 0) is 6.54 Å². The van der Waals surface area contributed by atoms with E-state index in [1.807, 2.05) is 0 Å². The van der Waals surface area contributed by atoms with Crippen LogP contribution in [-0.4, -0.2) is 17.3 Å². The number of halogens is 1. The molecule has 1 heterocycles. The molecule has 1 aromatic heterocycles. The van der Waals surface area contributed by atoms with Crippen LogP contribution < -0.4 is 10.5 Å². The fourth-order valence-corrected chi connectivity index (χ4v) is 1.32. The molecule has 0 bridgehead atoms. The Kier molecular flexibility index (Phi) is 2.82. The Bertz CT molecular complexity index is 499. The predicted octanol–water partition coefficient (Wildman–Crippen LogP) is 1.34. The van der Waals surface area contributed by atoms with E-state index >= 15 is 0 Å². The quantitative estimate of drug-likeness (QED) is 0.849. The van der Waals surface area contributed by atoms with Crippen molar-refractivity contribution >= 4 is 0 Å². The summed E-state index contributed by atoms with van der Waals surface area (Å²) < 4.78 is 23.8. The fourth-order valence-electron chi connectivity index (χ4n) is 1.32. The molecule has 2 rings (SSSR count). The van der Waals surface area contributed by atoms with Crippen LogP contribution in [0.5, 0.6) is 5.75 Å². The van der Waals surface area contributed by atoms with Gasteiger partial charge in [-0.2, -0.15) is 0 Å². The molecule has 0 saturated carbocycles. The van der Waals surface area contributed by atoms with Gasteiger partial charge >= 0.3 is 0 Å². The highest BCUT2D eigenvalue weighted by molar-refractivity contribution is 5.63. The summed E-state index contributed by atoms with van der Waals surface area (Å²) in [5.41, 5.74) is 5.48. The zero-order chi connectivity index (χ0) is 11.5. The van der Waals surface area contributed by atoms with Crippen molar-refractivity contribution < 1.29 is 13.5 Å². The summed E-state index contributed by atoms with van der Waals surface area (Å²) in [5.74, 6) is 0.175. The van der Waals surface area contributed by atoms with Crippen molar-refractivity contribution in [3.8, 4) is 17.2 Å². The highest BCUT2D eigenvalue weighted by Crippen LogP contribution is 2.31. The maximum absolute atomic E-state index is 13.6. The standard InChI is InChI=1S/C10H10FN3O2/c1-15-7-4-2-3-6(11)9(7)10-14-13-8(5-12)16-10/h2-4H,5,12H2,1H3. The van der Waals surface area contributed by atoms with Gasteiger partial charge in [-0.05, 0) is 12.1 Å². The number of nitrogens with zero attached hydrogens (tertiary/aromatic N) is 2. The molecule has 1 aromatic carbocycles. The van der Waals surface area contributed by atoms with Crippen molar-refractivity contribution in [1.29, 1.82) is 0 Å². The van der Waals surface area contributed by atoms with Gasteiger partial charge in [0.2, 0.25) is 5.89 Å². The number of hydrogen-bond acceptors (Lipinski definition) is 5. The van der Waals surface area contributed by atoms with E-state index in [4.69, 9.17) is 14.9 Å². The third kappa shape index (κ3) is 1.74. The number of benzene rings is 1. The molecule has 0 aliphatic heterocycles. The summed E-state index contributed by atoms with van der Waals surface area (Å²) in [6, 6.07) is 4.45. The van der Waals surface area contributed by atoms with E-state index in [2.05, 4.69) is 10.2 Å². The first-order valence-electron chi connectivity index (χ1n) is 4.61. The molecule has 6 heteroatoms. The Hall–Kier alpha value is -1.95. The molecule has 2 aromatic rings. The van der Waals surface area contributed by atoms with Crippen LogP contribution in [0.3, 0.4) is 0 Å². The van der Waals surface area contributed by atoms with Crippen LogP contribution >= 0.6 is 0 Å². The van der Waals surface area contributed by atoms with Gasteiger partial charge in [0.25, 0.3) is 5.89 Å². The first-order chi connectivity index (χ1) is 7.76. The van der Waals surface area contributed by atoms with Crippen LogP contribution in [0.25, 0.3) is 11.5 Å². The number of nitrogens with two attached hydrogens (primary N) is 1. The molecule has 2 N–H and O–H groups in total. The summed E-state index contributed by atoms with van der Waals surface area (Å²) in [6.07, 6.45) is 0. The lowest BCUT2D eigenvalue weighted by atomic mass is 10.2. The average molecular weight is 223 g/mol. The van der Waals surface area contributed by atoms with Crippen LogP contribution in [0.4, 0.5) is 4.39 Å². The third-order valence-corrected chi connectivity index (χ3v) is 2.05. The number of rotatable bonds is 3. The monoisotopic (exact) mass is 223 g/mol. The van der Waals surface area contributed by atoms with Crippen molar-refractivity contribution in [1.82, 2.24) is 10.2 Å². The van der Waals surface area contributed by atoms with Gasteiger partial charge in [0, 0.05) is 0 Å². The van der Waals surface area contributed by atoms with Crippen molar-refractivity contribution in [3.05, 3.63) is 29.9 Å². The second kappa shape index (κ2) is 4.28. The van der Waals surface area contributed by atoms with Crippen molar-refractivity contribution in [3.63, 3.8) is 0 Å². The van der Waals surface area contributed by atoms with Crippen molar-refractivity contribution in [2.45, 2.75) is 6.54 Å². The molecule has 16 heavy (non-hydrogen) atoms. The second-order valence-electron chi connectivity index (χ2n) is 3.02. The zero-order valence-electron chi connectivity index (χ0n) is 8.61. The number of methoxy groups -OCH3 is 1. The van der Waals surface area contributed by atoms with E-state index in [0.717, 1.165) is 0 Å². The fraction of sp³-hybridized carbons (Fsp3) is 0.200. The molecule has 84 valence electrons. The van der Waals surface area contributed by atoms with Crippen LogP contribution in [0.15, 0.2) is 22.6 Å². The van der Waals surface area contributed by atoms with Gasteiger partial charge in [-0.1, -0.05) is 6.07 Å². The van der Waals surface area contributed by atoms with Gasteiger partial charge < -0.3 is 14.9 Å². The lowest BCUT2D eigenvalue weighted by Gasteiger charge is -2.04. The summed E-state index contributed by atoms with van der Waals surface area (Å²) in [4.78, 5) is 0. The Labute approximate surface area is 91.0 Å². The molecular formula is C10H10FN3O2. The molecule has 0 radical (unpaired) electrons. The number of aromatic nitrogens is 2. The SMILES string of the molecule is COc1cccc(F)c1-c1nnc(CN)o1. The lowest BCUT2D eigenvalue weighted by molar-refractivity contribution is 0.409. The van der Waals surface area contributed by atoms with E-state index in [-0.39, 0.29) is 23.9 Å². The molecule has 5 nitrogen and oxygen atoms in total. The topological polar surface area (TPSA) is 74.2 Å². The maximum Gasteiger partial charge on any atom is 0.254 e. The van der Waals surface area contributed by atoms with Crippen LogP contribution in [0.2, 0.25) is 0 Å². The van der Waals surface area contributed by atoms with Crippen molar-refractivity contribution in [2.24, 2.45) is 5.73 Å². The summed E-state index contributed by atoms with van der Waals surface area (Å²) in [5, 5.41) is 7.37. The van der Waals surface area contributed by atoms with Crippen LogP contribution in [0, 0.1) is 5.82 Å². The molecule has 0 saturated heterocycles. The molecule has 0 fully saturated rings. The molecule has 0 atom stereocenters. The molecule has 0 aliphatic carbocycles.